The maximum absolute atomic E-state index is 14.8. The quantitative estimate of drug-likeness (QED) is 0.198. The number of imidazole rings is 1. The molecule has 0 spiro atoms. The highest BCUT2D eigenvalue weighted by Gasteiger charge is 2.43. The molecule has 0 radical (unpaired) electrons. The lowest BCUT2D eigenvalue weighted by Crippen LogP contribution is -2.62. The highest BCUT2D eigenvalue weighted by molar-refractivity contribution is 6.30. The lowest BCUT2D eigenvalue weighted by molar-refractivity contribution is -0.152. The van der Waals surface area contributed by atoms with E-state index in [1.807, 2.05) is 48.5 Å². The molecule has 0 fully saturated rings. The van der Waals surface area contributed by atoms with Gasteiger partial charge in [0.05, 0.1) is 6.33 Å². The van der Waals surface area contributed by atoms with Gasteiger partial charge in [0.15, 0.2) is 0 Å². The maximum Gasteiger partial charge on any atom is 0.246 e. The standard InChI is InChI=1S/C37H38ClN7O5/c1-22(46)42-30(17-29-18-40-21-41-29)35(48)43-31(14-23-10-12-28(38)13-11-23)36(49)45-20-27-9-5-3-7-25(27)16-33(45)37(50)44-19-26-8-4-2-6-24(26)15-32(44)34(39)47/h2-13,18,21,30-33H,14-17,19-20H2,1H3,(H2,39,47)(H,40,41)(H,42,46)(H,43,48)/t30-,31+,32?,33?/m0/s1. The van der Waals surface area contributed by atoms with Gasteiger partial charge in [0, 0.05) is 62.6 Å². The Morgan fingerprint density at radius 1 is 0.820 bits per heavy atom. The Morgan fingerprint density at radius 2 is 1.42 bits per heavy atom. The van der Waals surface area contributed by atoms with Crippen LogP contribution in [-0.2, 0) is 62.7 Å². The van der Waals surface area contributed by atoms with E-state index in [9.17, 15) is 24.0 Å². The van der Waals surface area contributed by atoms with Crippen molar-refractivity contribution in [1.82, 2.24) is 30.4 Å². The van der Waals surface area contributed by atoms with E-state index in [-0.39, 0.29) is 38.8 Å². The number of nitrogens with two attached hydrogens (primary N) is 1. The van der Waals surface area contributed by atoms with Gasteiger partial charge in [0.2, 0.25) is 29.5 Å². The van der Waals surface area contributed by atoms with Crippen LogP contribution in [0.5, 0.6) is 0 Å². The number of nitrogens with one attached hydrogen (secondary N) is 3. The van der Waals surface area contributed by atoms with Gasteiger partial charge in [-0.05, 0) is 39.9 Å². The van der Waals surface area contributed by atoms with Gasteiger partial charge in [-0.15, -0.1) is 0 Å². The van der Waals surface area contributed by atoms with Gasteiger partial charge in [-0.25, -0.2) is 4.98 Å². The third-order valence-corrected chi connectivity index (χ3v) is 9.57. The Balaban J connectivity index is 1.34. The minimum atomic E-state index is -1.13. The van der Waals surface area contributed by atoms with E-state index in [1.165, 1.54) is 23.1 Å². The van der Waals surface area contributed by atoms with Crippen LogP contribution >= 0.6 is 11.6 Å². The second-order valence-corrected chi connectivity index (χ2v) is 13.2. The molecule has 0 saturated carbocycles. The van der Waals surface area contributed by atoms with Gasteiger partial charge in [-0.3, -0.25) is 24.0 Å². The lowest BCUT2D eigenvalue weighted by atomic mass is 9.89. The molecule has 4 aromatic rings. The van der Waals surface area contributed by atoms with E-state index >= 15 is 0 Å². The fraction of sp³-hybridized carbons (Fsp3) is 0.297. The van der Waals surface area contributed by atoms with Crippen LogP contribution in [0.1, 0.15) is 40.4 Å². The molecule has 2 aliphatic heterocycles. The third-order valence-electron chi connectivity index (χ3n) is 9.32. The Hall–Kier alpha value is -5.49. The predicted molar refractivity (Wildman–Crippen MR) is 185 cm³/mol. The number of aromatic nitrogens is 2. The van der Waals surface area contributed by atoms with Crippen LogP contribution in [-0.4, -0.2) is 73.5 Å². The number of amides is 5. The van der Waals surface area contributed by atoms with Crippen LogP contribution in [0.3, 0.4) is 0 Å². The van der Waals surface area contributed by atoms with Gasteiger partial charge >= 0.3 is 0 Å². The summed E-state index contributed by atoms with van der Waals surface area (Å²) in [4.78, 5) is 78.1. The number of rotatable bonds is 10. The van der Waals surface area contributed by atoms with Gasteiger partial charge in [0.25, 0.3) is 0 Å². The number of primary amides is 1. The third kappa shape index (κ3) is 7.70. The van der Waals surface area contributed by atoms with E-state index in [2.05, 4.69) is 20.6 Å². The highest BCUT2D eigenvalue weighted by atomic mass is 35.5. The number of fused-ring (bicyclic) bond motifs is 2. The molecule has 258 valence electrons. The summed E-state index contributed by atoms with van der Waals surface area (Å²) in [5.74, 6) is -2.52. The van der Waals surface area contributed by atoms with Crippen molar-refractivity contribution in [3.8, 4) is 0 Å². The van der Waals surface area contributed by atoms with E-state index in [0.717, 1.165) is 27.8 Å². The average Bonchev–Trinajstić information content (AvgIpc) is 3.63. The fourth-order valence-electron chi connectivity index (χ4n) is 6.78. The van der Waals surface area contributed by atoms with Crippen molar-refractivity contribution in [1.29, 1.82) is 0 Å². The molecule has 5 N–H and O–H groups in total. The molecule has 50 heavy (non-hydrogen) atoms. The van der Waals surface area contributed by atoms with Crippen LogP contribution in [0.4, 0.5) is 0 Å². The first kappa shape index (κ1) is 34.4. The number of hydrogen-bond acceptors (Lipinski definition) is 6. The van der Waals surface area contributed by atoms with E-state index in [4.69, 9.17) is 17.3 Å². The second-order valence-electron chi connectivity index (χ2n) is 12.7. The first-order valence-electron chi connectivity index (χ1n) is 16.4. The number of aromatic amines is 1. The number of carbonyl (C=O) groups is 5. The average molecular weight is 696 g/mol. The Morgan fingerprint density at radius 3 is 2.00 bits per heavy atom. The van der Waals surface area contributed by atoms with Crippen LogP contribution in [0.15, 0.2) is 85.3 Å². The minimum Gasteiger partial charge on any atom is -0.368 e. The molecule has 0 bridgehead atoms. The molecule has 3 aromatic carbocycles. The number of nitrogens with zero attached hydrogens (tertiary/aromatic N) is 3. The topological polar surface area (TPSA) is 171 Å². The number of carbonyl (C=O) groups excluding carboxylic acids is 5. The van der Waals surface area contributed by atoms with Crippen molar-refractivity contribution < 1.29 is 24.0 Å². The molecule has 12 nitrogen and oxygen atoms in total. The molecule has 3 heterocycles. The van der Waals surface area contributed by atoms with Crippen LogP contribution in [0, 0.1) is 0 Å². The summed E-state index contributed by atoms with van der Waals surface area (Å²) in [6.45, 7) is 1.58. The first-order valence-corrected chi connectivity index (χ1v) is 16.8. The maximum atomic E-state index is 14.8. The number of benzene rings is 3. The van der Waals surface area contributed by atoms with E-state index in [1.54, 1.807) is 30.5 Å². The summed E-state index contributed by atoms with van der Waals surface area (Å²) in [6.07, 6.45) is 3.69. The molecule has 0 saturated heterocycles. The predicted octanol–water partition coefficient (Wildman–Crippen LogP) is 2.23. The van der Waals surface area contributed by atoms with Crippen molar-refractivity contribution >= 4 is 41.1 Å². The molecule has 5 amide bonds. The molecular weight excluding hydrogens is 658 g/mol. The molecule has 0 aliphatic carbocycles. The Kier molecular flexibility index (Phi) is 10.3. The number of halogens is 1. The normalized spacial score (nSPS) is 17.9. The fourth-order valence-corrected chi connectivity index (χ4v) is 6.90. The summed E-state index contributed by atoms with van der Waals surface area (Å²) in [5.41, 5.74) is 10.8. The molecule has 1 aromatic heterocycles. The molecule has 4 atom stereocenters. The van der Waals surface area contributed by atoms with E-state index < -0.39 is 53.7 Å². The highest BCUT2D eigenvalue weighted by Crippen LogP contribution is 2.30. The van der Waals surface area contributed by atoms with Crippen molar-refractivity contribution in [3.05, 3.63) is 124 Å². The van der Waals surface area contributed by atoms with Crippen molar-refractivity contribution in [2.45, 2.75) is 69.9 Å². The molecule has 6 rings (SSSR count). The summed E-state index contributed by atoms with van der Waals surface area (Å²) >= 11 is 6.15. The van der Waals surface area contributed by atoms with E-state index in [0.29, 0.717) is 10.7 Å². The second kappa shape index (κ2) is 15.0. The largest absolute Gasteiger partial charge is 0.368 e. The van der Waals surface area contributed by atoms with Crippen molar-refractivity contribution in [3.63, 3.8) is 0 Å². The Labute approximate surface area is 294 Å². The monoisotopic (exact) mass is 695 g/mol. The van der Waals surface area contributed by atoms with Crippen molar-refractivity contribution in [2.75, 3.05) is 0 Å². The zero-order valence-electron chi connectivity index (χ0n) is 27.5. The van der Waals surface area contributed by atoms with Gasteiger partial charge in [-0.2, -0.15) is 0 Å². The molecule has 2 unspecified atom stereocenters. The molecule has 2 aliphatic rings. The summed E-state index contributed by atoms with van der Waals surface area (Å²) in [6, 6.07) is 18.1. The van der Waals surface area contributed by atoms with Gasteiger partial charge in [-0.1, -0.05) is 72.3 Å². The van der Waals surface area contributed by atoms with Gasteiger partial charge in [0.1, 0.15) is 24.2 Å². The lowest BCUT2D eigenvalue weighted by Gasteiger charge is -2.43. The minimum absolute atomic E-state index is 0.0820. The number of H-pyrrole nitrogens is 1. The van der Waals surface area contributed by atoms with Gasteiger partial charge < -0.3 is 31.2 Å². The van der Waals surface area contributed by atoms with Crippen LogP contribution < -0.4 is 16.4 Å². The van der Waals surface area contributed by atoms with Crippen LogP contribution in [0.25, 0.3) is 0 Å². The van der Waals surface area contributed by atoms with Crippen LogP contribution in [0.2, 0.25) is 5.02 Å². The zero-order valence-corrected chi connectivity index (χ0v) is 28.2. The number of hydrogen-bond donors (Lipinski definition) is 4. The Bertz CT molecular complexity index is 1900. The molecule has 13 heteroatoms. The summed E-state index contributed by atoms with van der Waals surface area (Å²) in [7, 11) is 0. The summed E-state index contributed by atoms with van der Waals surface area (Å²) in [5, 5.41) is 6.07. The first-order chi connectivity index (χ1) is 24.1. The zero-order chi connectivity index (χ0) is 35.4. The smallest absolute Gasteiger partial charge is 0.246 e. The summed E-state index contributed by atoms with van der Waals surface area (Å²) < 4.78 is 0. The van der Waals surface area contributed by atoms with Crippen molar-refractivity contribution in [2.24, 2.45) is 5.73 Å². The SMILES string of the molecule is CC(=O)N[C@@H](Cc1cnc[nH]1)C(=O)N[C@H](Cc1ccc(Cl)cc1)C(=O)N1Cc2ccccc2CC1C(=O)N1Cc2ccccc2CC1C(N)=O. The molecular formula is C37H38ClN7O5.